The second-order valence-corrected chi connectivity index (χ2v) is 8.83. The Morgan fingerprint density at radius 1 is 1.09 bits per heavy atom. The summed E-state index contributed by atoms with van der Waals surface area (Å²) < 4.78 is 13.3. The van der Waals surface area contributed by atoms with Crippen molar-refractivity contribution >= 4 is 46.6 Å². The molecular weight excluding hydrogens is 461 g/mol. The molecule has 1 aliphatic heterocycles. The highest BCUT2D eigenvalue weighted by molar-refractivity contribution is 8.05. The van der Waals surface area contributed by atoms with Crippen LogP contribution in [0.25, 0.3) is 0 Å². The highest BCUT2D eigenvalue weighted by atomic mass is 35.5. The van der Waals surface area contributed by atoms with Crippen molar-refractivity contribution in [3.63, 3.8) is 0 Å². The summed E-state index contributed by atoms with van der Waals surface area (Å²) >= 11 is 7.14. The van der Waals surface area contributed by atoms with Crippen molar-refractivity contribution in [2.24, 2.45) is 0 Å². The van der Waals surface area contributed by atoms with E-state index in [9.17, 15) is 19.2 Å². The molecule has 1 N–H and O–H groups in total. The molecule has 0 aromatic heterocycles. The first-order chi connectivity index (χ1) is 16.0. The lowest BCUT2D eigenvalue weighted by molar-refractivity contribution is -0.117. The van der Waals surface area contributed by atoms with Crippen molar-refractivity contribution in [1.29, 1.82) is 5.26 Å². The third-order valence-electron chi connectivity index (χ3n) is 4.94. The molecule has 0 saturated carbocycles. The highest BCUT2D eigenvalue weighted by Gasteiger charge is 2.40. The van der Waals surface area contributed by atoms with Crippen LogP contribution in [0.1, 0.15) is 5.56 Å². The van der Waals surface area contributed by atoms with E-state index in [-0.39, 0.29) is 22.3 Å². The zero-order valence-electron chi connectivity index (χ0n) is 17.2. The van der Waals surface area contributed by atoms with Crippen molar-refractivity contribution in [3.05, 3.63) is 106 Å². The van der Waals surface area contributed by atoms with Gasteiger partial charge in [-0.3, -0.25) is 14.5 Å². The van der Waals surface area contributed by atoms with Gasteiger partial charge in [0.05, 0.1) is 5.25 Å². The normalized spacial score (nSPS) is 16.9. The minimum absolute atomic E-state index is 0.182. The molecule has 3 aromatic carbocycles. The van der Waals surface area contributed by atoms with E-state index in [2.05, 4.69) is 5.32 Å². The molecule has 1 saturated heterocycles. The van der Waals surface area contributed by atoms with E-state index in [1.165, 1.54) is 17.0 Å². The molecule has 0 spiro atoms. The summed E-state index contributed by atoms with van der Waals surface area (Å²) in [6.07, 6.45) is 0.325. The van der Waals surface area contributed by atoms with Gasteiger partial charge in [0, 0.05) is 16.4 Å². The number of anilines is 2. The van der Waals surface area contributed by atoms with Gasteiger partial charge in [-0.15, -0.1) is 0 Å². The third-order valence-corrected chi connectivity index (χ3v) is 6.43. The summed E-state index contributed by atoms with van der Waals surface area (Å²) in [4.78, 5) is 27.8. The SMILES string of the molecule is N#C/C(C(=O)Nc1cccc(Cl)c1)=C1/S[C@@H](Cc2ccc(F)cc2)C(=O)N1c1ccccc1. The molecule has 4 rings (SSSR count). The van der Waals surface area contributed by atoms with E-state index in [0.29, 0.717) is 22.8 Å². The lowest BCUT2D eigenvalue weighted by Crippen LogP contribution is -2.30. The van der Waals surface area contributed by atoms with Crippen LogP contribution in [0, 0.1) is 17.1 Å². The average molecular weight is 478 g/mol. The predicted octanol–water partition coefficient (Wildman–Crippen LogP) is 5.54. The Bertz CT molecular complexity index is 1270. The van der Waals surface area contributed by atoms with Gasteiger partial charge in [0.15, 0.2) is 0 Å². The fraction of sp³-hybridized carbons (Fsp3) is 0.0800. The number of nitrogens with zero attached hydrogens (tertiary/aromatic N) is 2. The zero-order chi connectivity index (χ0) is 23.4. The van der Waals surface area contributed by atoms with E-state index >= 15 is 0 Å². The van der Waals surface area contributed by atoms with Gasteiger partial charge >= 0.3 is 0 Å². The largest absolute Gasteiger partial charge is 0.321 e. The minimum Gasteiger partial charge on any atom is -0.321 e. The molecule has 3 aromatic rings. The summed E-state index contributed by atoms with van der Waals surface area (Å²) in [5.74, 6) is -1.26. The van der Waals surface area contributed by atoms with Crippen LogP contribution in [0.2, 0.25) is 5.02 Å². The zero-order valence-corrected chi connectivity index (χ0v) is 18.7. The van der Waals surface area contributed by atoms with Crippen molar-refractivity contribution < 1.29 is 14.0 Å². The van der Waals surface area contributed by atoms with Gasteiger partial charge < -0.3 is 5.32 Å². The summed E-state index contributed by atoms with van der Waals surface area (Å²) in [6.45, 7) is 0. The smallest absolute Gasteiger partial charge is 0.269 e. The predicted molar refractivity (Wildman–Crippen MR) is 128 cm³/mol. The van der Waals surface area contributed by atoms with E-state index in [1.807, 2.05) is 12.1 Å². The minimum atomic E-state index is -0.640. The molecular formula is C25H17ClFN3O2S. The molecule has 33 heavy (non-hydrogen) atoms. The number of amides is 2. The van der Waals surface area contributed by atoms with E-state index in [1.54, 1.807) is 60.7 Å². The number of benzene rings is 3. The van der Waals surface area contributed by atoms with Crippen LogP contribution in [0.5, 0.6) is 0 Å². The molecule has 1 aliphatic rings. The lowest BCUT2D eigenvalue weighted by Gasteiger charge is -2.18. The first-order valence-electron chi connectivity index (χ1n) is 9.97. The Balaban J connectivity index is 1.71. The fourth-order valence-corrected chi connectivity index (χ4v) is 4.89. The number of thioether (sulfide) groups is 1. The monoisotopic (exact) mass is 477 g/mol. The molecule has 0 unspecified atom stereocenters. The molecule has 2 amide bonds. The summed E-state index contributed by atoms with van der Waals surface area (Å²) in [5.41, 5.74) is 1.58. The Morgan fingerprint density at radius 2 is 1.82 bits per heavy atom. The number of hydrogen-bond acceptors (Lipinski definition) is 4. The highest BCUT2D eigenvalue weighted by Crippen LogP contribution is 2.42. The van der Waals surface area contributed by atoms with Crippen LogP contribution >= 0.6 is 23.4 Å². The standard InChI is InChI=1S/C25H17ClFN3O2S/c26-17-5-4-6-19(14-17)29-23(31)21(15-28)25-30(20-7-2-1-3-8-20)24(32)22(33-25)13-16-9-11-18(27)12-10-16/h1-12,14,22H,13H2,(H,29,31)/b25-21-/t22-/m0/s1. The van der Waals surface area contributed by atoms with Gasteiger partial charge in [0.1, 0.15) is 22.5 Å². The molecule has 1 fully saturated rings. The van der Waals surface area contributed by atoms with Gasteiger partial charge in [-0.2, -0.15) is 5.26 Å². The van der Waals surface area contributed by atoms with Gasteiger partial charge in [0.2, 0.25) is 5.91 Å². The maximum atomic E-state index is 13.4. The first kappa shape index (κ1) is 22.6. The molecule has 0 bridgehead atoms. The number of nitriles is 1. The van der Waals surface area contributed by atoms with Gasteiger partial charge in [-0.05, 0) is 54.4 Å². The molecule has 0 aliphatic carbocycles. The van der Waals surface area contributed by atoms with Crippen molar-refractivity contribution in [3.8, 4) is 6.07 Å². The molecule has 164 valence electrons. The van der Waals surface area contributed by atoms with Crippen molar-refractivity contribution in [2.45, 2.75) is 11.7 Å². The molecule has 8 heteroatoms. The number of carbonyl (C=O) groups is 2. The number of carbonyl (C=O) groups excluding carboxylic acids is 2. The third kappa shape index (κ3) is 5.08. The second-order valence-electron chi connectivity index (χ2n) is 7.20. The van der Waals surface area contributed by atoms with E-state index < -0.39 is 11.2 Å². The average Bonchev–Trinajstić information content (AvgIpc) is 3.12. The maximum Gasteiger partial charge on any atom is 0.269 e. The van der Waals surface area contributed by atoms with Crippen molar-refractivity contribution in [2.75, 3.05) is 10.2 Å². The topological polar surface area (TPSA) is 73.2 Å². The lowest BCUT2D eigenvalue weighted by atomic mass is 10.1. The molecule has 1 heterocycles. The van der Waals surface area contributed by atoms with Gasteiger partial charge in [-0.25, -0.2) is 4.39 Å². The van der Waals surface area contributed by atoms with Crippen LogP contribution in [0.15, 0.2) is 89.5 Å². The summed E-state index contributed by atoms with van der Waals surface area (Å²) in [6, 6.07) is 23.3. The van der Waals surface area contributed by atoms with Crippen LogP contribution in [0.3, 0.4) is 0 Å². The molecule has 5 nitrogen and oxygen atoms in total. The number of nitrogens with one attached hydrogen (secondary N) is 1. The summed E-state index contributed by atoms with van der Waals surface area (Å²) in [7, 11) is 0. The Labute approximate surface area is 199 Å². The molecule has 0 radical (unpaired) electrons. The Kier molecular flexibility index (Phi) is 6.78. The van der Waals surface area contributed by atoms with Crippen LogP contribution in [-0.2, 0) is 16.0 Å². The van der Waals surface area contributed by atoms with E-state index in [0.717, 1.165) is 17.3 Å². The first-order valence-corrected chi connectivity index (χ1v) is 11.2. The second kappa shape index (κ2) is 9.90. The van der Waals surface area contributed by atoms with Gasteiger partial charge in [-0.1, -0.05) is 59.8 Å². The number of rotatable bonds is 5. The number of para-hydroxylation sites is 1. The number of hydrogen-bond donors (Lipinski definition) is 1. The maximum absolute atomic E-state index is 13.4. The number of halogens is 2. The van der Waals surface area contributed by atoms with Crippen LogP contribution in [-0.4, -0.2) is 17.1 Å². The Hall–Kier alpha value is -3.60. The Morgan fingerprint density at radius 3 is 2.48 bits per heavy atom. The fourth-order valence-electron chi connectivity index (χ4n) is 3.39. The quantitative estimate of drug-likeness (QED) is 0.386. The van der Waals surface area contributed by atoms with Crippen LogP contribution in [0.4, 0.5) is 15.8 Å². The van der Waals surface area contributed by atoms with Crippen LogP contribution < -0.4 is 10.2 Å². The molecule has 1 atom stereocenters. The summed E-state index contributed by atoms with van der Waals surface area (Å²) in [5, 5.41) is 12.6. The van der Waals surface area contributed by atoms with Gasteiger partial charge in [0.25, 0.3) is 5.91 Å². The van der Waals surface area contributed by atoms with E-state index in [4.69, 9.17) is 11.6 Å². The van der Waals surface area contributed by atoms with Crippen molar-refractivity contribution in [1.82, 2.24) is 0 Å².